The molecule has 0 radical (unpaired) electrons. The van der Waals surface area contributed by atoms with E-state index in [1.807, 2.05) is 6.20 Å². The number of aryl methyl sites for hydroxylation is 1. The first-order valence-corrected chi connectivity index (χ1v) is 6.21. The normalized spacial score (nSPS) is 27.9. The number of nitrogens with two attached hydrogens (primary N) is 1. The lowest BCUT2D eigenvalue weighted by molar-refractivity contribution is 0.218. The van der Waals surface area contributed by atoms with Crippen LogP contribution in [0.2, 0.25) is 0 Å². The van der Waals surface area contributed by atoms with Crippen molar-refractivity contribution in [1.29, 1.82) is 0 Å². The zero-order valence-corrected chi connectivity index (χ0v) is 10.3. The summed E-state index contributed by atoms with van der Waals surface area (Å²) in [6, 6.07) is 2.66. The van der Waals surface area contributed by atoms with Crippen molar-refractivity contribution >= 4 is 0 Å². The molecule has 1 aliphatic rings. The first-order valence-electron chi connectivity index (χ1n) is 6.21. The number of likely N-dealkylation sites (tertiary alicyclic amines) is 1. The molecule has 2 atom stereocenters. The number of hydrogen-bond donors (Lipinski definition) is 1. The summed E-state index contributed by atoms with van der Waals surface area (Å²) >= 11 is 0. The first kappa shape index (κ1) is 11.6. The van der Waals surface area contributed by atoms with Crippen LogP contribution in [-0.2, 0) is 6.54 Å². The molecule has 0 bridgehead atoms. The predicted octanol–water partition coefficient (Wildman–Crippen LogP) is 1.39. The van der Waals surface area contributed by atoms with E-state index in [1.54, 1.807) is 0 Å². The maximum atomic E-state index is 6.30. The molecule has 1 aromatic rings. The molecule has 0 amide bonds. The van der Waals surface area contributed by atoms with Crippen molar-refractivity contribution in [2.75, 3.05) is 13.6 Å². The van der Waals surface area contributed by atoms with Crippen molar-refractivity contribution in [1.82, 2.24) is 14.7 Å². The van der Waals surface area contributed by atoms with Gasteiger partial charge in [0.25, 0.3) is 0 Å². The third-order valence-corrected chi connectivity index (χ3v) is 3.53. The van der Waals surface area contributed by atoms with Crippen molar-refractivity contribution in [3.63, 3.8) is 0 Å². The standard InChI is InChI=1S/C12H22N4/c1-3-16-11(7-8-14-16)12-10(13)6-4-5-9-15(12)2/h7-8,10,12H,3-6,9,13H2,1-2H3. The van der Waals surface area contributed by atoms with Crippen LogP contribution in [0, 0.1) is 0 Å². The lowest BCUT2D eigenvalue weighted by Crippen LogP contribution is -2.38. The molecule has 4 heteroatoms. The molecule has 2 unspecified atom stereocenters. The van der Waals surface area contributed by atoms with Gasteiger partial charge in [0.05, 0.1) is 11.7 Å². The molecule has 0 aliphatic carbocycles. The summed E-state index contributed by atoms with van der Waals surface area (Å²) in [5.41, 5.74) is 7.56. The minimum Gasteiger partial charge on any atom is -0.326 e. The van der Waals surface area contributed by atoms with Crippen LogP contribution in [0.4, 0.5) is 0 Å². The van der Waals surface area contributed by atoms with Gasteiger partial charge >= 0.3 is 0 Å². The van der Waals surface area contributed by atoms with E-state index in [1.165, 1.54) is 18.5 Å². The summed E-state index contributed by atoms with van der Waals surface area (Å²) in [4.78, 5) is 2.38. The molecule has 16 heavy (non-hydrogen) atoms. The van der Waals surface area contributed by atoms with Crippen LogP contribution in [-0.4, -0.2) is 34.3 Å². The minimum atomic E-state index is 0.231. The Balaban J connectivity index is 2.28. The molecule has 1 fully saturated rings. The van der Waals surface area contributed by atoms with Crippen LogP contribution < -0.4 is 5.73 Å². The van der Waals surface area contributed by atoms with Crippen molar-refractivity contribution in [3.05, 3.63) is 18.0 Å². The fourth-order valence-electron chi connectivity index (χ4n) is 2.67. The van der Waals surface area contributed by atoms with Gasteiger partial charge in [-0.05, 0) is 39.4 Å². The highest BCUT2D eigenvalue weighted by Gasteiger charge is 2.28. The van der Waals surface area contributed by atoms with Gasteiger partial charge in [0.1, 0.15) is 0 Å². The van der Waals surface area contributed by atoms with Crippen molar-refractivity contribution in [2.45, 2.75) is 44.8 Å². The van der Waals surface area contributed by atoms with E-state index in [4.69, 9.17) is 5.73 Å². The van der Waals surface area contributed by atoms with Gasteiger partial charge in [0.15, 0.2) is 0 Å². The van der Waals surface area contributed by atoms with Gasteiger partial charge in [-0.3, -0.25) is 9.58 Å². The van der Waals surface area contributed by atoms with E-state index in [2.05, 4.69) is 34.7 Å². The molecule has 1 saturated heterocycles. The Morgan fingerprint density at radius 1 is 1.50 bits per heavy atom. The minimum absolute atomic E-state index is 0.231. The topological polar surface area (TPSA) is 47.1 Å². The lowest BCUT2D eigenvalue weighted by Gasteiger charge is -2.30. The average molecular weight is 222 g/mol. The monoisotopic (exact) mass is 222 g/mol. The SMILES string of the molecule is CCn1nccc1C1C(N)CCCCN1C. The Bertz CT molecular complexity index is 322. The van der Waals surface area contributed by atoms with Crippen LogP contribution >= 0.6 is 0 Å². The van der Waals surface area contributed by atoms with Gasteiger partial charge in [-0.25, -0.2) is 0 Å². The molecule has 2 heterocycles. The van der Waals surface area contributed by atoms with Crippen LogP contribution in [0.5, 0.6) is 0 Å². The highest BCUT2D eigenvalue weighted by atomic mass is 15.3. The average Bonchev–Trinajstić information content (AvgIpc) is 2.66. The van der Waals surface area contributed by atoms with E-state index >= 15 is 0 Å². The quantitative estimate of drug-likeness (QED) is 0.822. The highest BCUT2D eigenvalue weighted by molar-refractivity contribution is 5.10. The van der Waals surface area contributed by atoms with E-state index in [0.717, 1.165) is 19.5 Å². The fourth-order valence-corrected chi connectivity index (χ4v) is 2.67. The maximum Gasteiger partial charge on any atom is 0.0668 e. The van der Waals surface area contributed by atoms with Gasteiger partial charge in [-0.15, -0.1) is 0 Å². The smallest absolute Gasteiger partial charge is 0.0668 e. The Hall–Kier alpha value is -0.870. The number of rotatable bonds is 2. The second kappa shape index (κ2) is 4.97. The van der Waals surface area contributed by atoms with Gasteiger partial charge in [-0.2, -0.15) is 5.10 Å². The third-order valence-electron chi connectivity index (χ3n) is 3.53. The summed E-state index contributed by atoms with van der Waals surface area (Å²) in [6.45, 7) is 4.17. The molecular weight excluding hydrogens is 200 g/mol. The van der Waals surface area contributed by atoms with Gasteiger partial charge in [-0.1, -0.05) is 6.42 Å². The zero-order chi connectivity index (χ0) is 11.5. The molecule has 0 spiro atoms. The largest absolute Gasteiger partial charge is 0.326 e. The van der Waals surface area contributed by atoms with Crippen LogP contribution in [0.1, 0.15) is 37.9 Å². The van der Waals surface area contributed by atoms with E-state index in [-0.39, 0.29) is 6.04 Å². The molecule has 4 nitrogen and oxygen atoms in total. The summed E-state index contributed by atoms with van der Waals surface area (Å²) < 4.78 is 2.06. The molecule has 0 saturated carbocycles. The van der Waals surface area contributed by atoms with Gasteiger partial charge < -0.3 is 5.73 Å². The third kappa shape index (κ3) is 2.13. The summed E-state index contributed by atoms with van der Waals surface area (Å²) in [6.07, 6.45) is 5.48. The first-order chi connectivity index (χ1) is 7.74. The van der Waals surface area contributed by atoms with Gasteiger partial charge in [0, 0.05) is 18.8 Å². The number of nitrogens with zero attached hydrogens (tertiary/aromatic N) is 3. The molecule has 90 valence electrons. The van der Waals surface area contributed by atoms with E-state index < -0.39 is 0 Å². The van der Waals surface area contributed by atoms with Crippen LogP contribution in [0.15, 0.2) is 12.3 Å². The Kier molecular flexibility index (Phi) is 3.61. The molecule has 2 rings (SSSR count). The summed E-state index contributed by atoms with van der Waals surface area (Å²) in [7, 11) is 2.17. The zero-order valence-electron chi connectivity index (χ0n) is 10.3. The summed E-state index contributed by atoms with van der Waals surface area (Å²) in [5.74, 6) is 0. The summed E-state index contributed by atoms with van der Waals surface area (Å²) in [5, 5.41) is 4.34. The van der Waals surface area contributed by atoms with Crippen molar-refractivity contribution < 1.29 is 0 Å². The fraction of sp³-hybridized carbons (Fsp3) is 0.750. The number of aromatic nitrogens is 2. The molecule has 2 N–H and O–H groups in total. The van der Waals surface area contributed by atoms with Crippen LogP contribution in [0.3, 0.4) is 0 Å². The van der Waals surface area contributed by atoms with Crippen molar-refractivity contribution in [3.8, 4) is 0 Å². The Morgan fingerprint density at radius 2 is 2.31 bits per heavy atom. The molecule has 0 aromatic carbocycles. The maximum absolute atomic E-state index is 6.30. The second-order valence-corrected chi connectivity index (χ2v) is 4.66. The molecule has 1 aromatic heterocycles. The Morgan fingerprint density at radius 3 is 3.06 bits per heavy atom. The highest BCUT2D eigenvalue weighted by Crippen LogP contribution is 2.27. The number of likely N-dealkylation sites (N-methyl/N-ethyl adjacent to an activating group) is 1. The van der Waals surface area contributed by atoms with E-state index in [9.17, 15) is 0 Å². The van der Waals surface area contributed by atoms with Crippen LogP contribution in [0.25, 0.3) is 0 Å². The second-order valence-electron chi connectivity index (χ2n) is 4.66. The molecular formula is C12H22N4. The number of hydrogen-bond acceptors (Lipinski definition) is 3. The van der Waals surface area contributed by atoms with E-state index in [0.29, 0.717) is 6.04 Å². The predicted molar refractivity (Wildman–Crippen MR) is 65.1 cm³/mol. The molecule has 1 aliphatic heterocycles. The lowest BCUT2D eigenvalue weighted by atomic mass is 10.0. The van der Waals surface area contributed by atoms with Crippen molar-refractivity contribution in [2.24, 2.45) is 5.73 Å². The van der Waals surface area contributed by atoms with Gasteiger partial charge in [0.2, 0.25) is 0 Å². The Labute approximate surface area is 97.4 Å².